The van der Waals surface area contributed by atoms with Gasteiger partial charge in [0.2, 0.25) is 5.91 Å². The highest BCUT2D eigenvalue weighted by Crippen LogP contribution is 2.35. The lowest BCUT2D eigenvalue weighted by molar-refractivity contribution is -0.122. The third kappa shape index (κ3) is 4.27. The highest BCUT2D eigenvalue weighted by molar-refractivity contribution is 5.76. The van der Waals surface area contributed by atoms with Gasteiger partial charge in [0.15, 0.2) is 0 Å². The molecular weight excluding hydrogens is 224 g/mol. The number of hydrogen-bond acceptors (Lipinski definition) is 2. The average Bonchev–Trinajstić information content (AvgIpc) is 2.82. The molecule has 0 aromatic rings. The number of carbonyl (C=O) groups excluding carboxylic acids is 1. The third-order valence-corrected chi connectivity index (χ3v) is 4.65. The fourth-order valence-electron chi connectivity index (χ4n) is 3.14. The maximum absolute atomic E-state index is 11.9. The molecule has 3 nitrogen and oxygen atoms in total. The zero-order chi connectivity index (χ0) is 13.0. The number of nitrogens with one attached hydrogen (secondary N) is 2. The molecule has 2 N–H and O–H groups in total. The van der Waals surface area contributed by atoms with Crippen LogP contribution in [0.4, 0.5) is 0 Å². The van der Waals surface area contributed by atoms with Crippen molar-refractivity contribution >= 4 is 5.91 Å². The summed E-state index contributed by atoms with van der Waals surface area (Å²) in [5.74, 6) is 0.993. The Balaban J connectivity index is 1.62. The summed E-state index contributed by atoms with van der Waals surface area (Å²) in [6, 6.07) is 0.437. The summed E-state index contributed by atoms with van der Waals surface area (Å²) in [6.07, 6.45) is 7.80. The van der Waals surface area contributed by atoms with E-state index in [-0.39, 0.29) is 5.91 Å². The molecule has 1 aliphatic carbocycles. The van der Waals surface area contributed by atoms with Crippen LogP contribution >= 0.6 is 0 Å². The Bertz CT molecular complexity index is 272. The van der Waals surface area contributed by atoms with Gasteiger partial charge in [-0.05, 0) is 62.9 Å². The van der Waals surface area contributed by atoms with E-state index in [1.807, 2.05) is 0 Å². The van der Waals surface area contributed by atoms with Gasteiger partial charge in [-0.25, -0.2) is 0 Å². The first-order chi connectivity index (χ1) is 8.55. The summed E-state index contributed by atoms with van der Waals surface area (Å²) >= 11 is 0. The van der Waals surface area contributed by atoms with Gasteiger partial charge in [0.25, 0.3) is 0 Å². The molecule has 2 aliphatic rings. The highest BCUT2D eigenvalue weighted by Gasteiger charge is 2.27. The van der Waals surface area contributed by atoms with Crippen molar-refractivity contribution in [1.82, 2.24) is 10.6 Å². The first-order valence-corrected chi connectivity index (χ1v) is 7.55. The van der Waals surface area contributed by atoms with E-state index < -0.39 is 0 Å². The Kier molecular flexibility index (Phi) is 4.66. The minimum Gasteiger partial charge on any atom is -0.353 e. The van der Waals surface area contributed by atoms with Gasteiger partial charge in [-0.15, -0.1) is 0 Å². The standard InChI is InChI=1S/C15H28N2O/c1-15(2)8-5-13(6-9-15)17-14(18)4-3-12-7-10-16-11-12/h12-13,16H,3-11H2,1-2H3,(H,17,18). The van der Waals surface area contributed by atoms with E-state index in [1.54, 1.807) is 0 Å². The van der Waals surface area contributed by atoms with E-state index in [9.17, 15) is 4.79 Å². The molecule has 0 aromatic carbocycles. The molecule has 0 spiro atoms. The molecule has 1 amide bonds. The maximum Gasteiger partial charge on any atom is 0.220 e. The van der Waals surface area contributed by atoms with Gasteiger partial charge in [-0.3, -0.25) is 4.79 Å². The average molecular weight is 252 g/mol. The fraction of sp³-hybridized carbons (Fsp3) is 0.933. The van der Waals surface area contributed by atoms with Crippen LogP contribution < -0.4 is 10.6 Å². The lowest BCUT2D eigenvalue weighted by Gasteiger charge is -2.34. The lowest BCUT2D eigenvalue weighted by Crippen LogP contribution is -2.39. The van der Waals surface area contributed by atoms with Gasteiger partial charge in [-0.2, -0.15) is 0 Å². The zero-order valence-corrected chi connectivity index (χ0v) is 11.9. The first kappa shape index (κ1) is 13.9. The molecule has 2 rings (SSSR count). The number of rotatable bonds is 4. The van der Waals surface area contributed by atoms with Crippen LogP contribution in [0.15, 0.2) is 0 Å². The second kappa shape index (κ2) is 6.05. The smallest absolute Gasteiger partial charge is 0.220 e. The van der Waals surface area contributed by atoms with E-state index >= 15 is 0 Å². The minimum atomic E-state index is 0.270. The second-order valence-electron chi connectivity index (χ2n) is 6.90. The van der Waals surface area contributed by atoms with Crippen molar-refractivity contribution in [3.05, 3.63) is 0 Å². The SMILES string of the molecule is CC1(C)CCC(NC(=O)CCC2CCNC2)CC1. The maximum atomic E-state index is 11.9. The number of carbonyl (C=O) groups is 1. The Labute approximate surface area is 111 Å². The molecule has 2 fully saturated rings. The summed E-state index contributed by atoms with van der Waals surface area (Å²) in [6.45, 7) is 6.89. The van der Waals surface area contributed by atoms with Crippen LogP contribution in [0.3, 0.4) is 0 Å². The molecule has 1 saturated heterocycles. The van der Waals surface area contributed by atoms with E-state index in [2.05, 4.69) is 24.5 Å². The normalized spacial score (nSPS) is 28.2. The highest BCUT2D eigenvalue weighted by atomic mass is 16.1. The topological polar surface area (TPSA) is 41.1 Å². The molecule has 1 atom stereocenters. The van der Waals surface area contributed by atoms with E-state index in [4.69, 9.17) is 0 Å². The van der Waals surface area contributed by atoms with Gasteiger partial charge < -0.3 is 10.6 Å². The Morgan fingerprint density at radius 1 is 1.28 bits per heavy atom. The summed E-state index contributed by atoms with van der Waals surface area (Å²) in [5, 5.41) is 6.58. The minimum absolute atomic E-state index is 0.270. The van der Waals surface area contributed by atoms with Crippen molar-refractivity contribution in [3.63, 3.8) is 0 Å². The Hall–Kier alpha value is -0.570. The molecule has 3 heteroatoms. The molecule has 18 heavy (non-hydrogen) atoms. The fourth-order valence-corrected chi connectivity index (χ4v) is 3.14. The van der Waals surface area contributed by atoms with Crippen LogP contribution in [0.1, 0.15) is 58.8 Å². The molecule has 1 saturated carbocycles. The largest absolute Gasteiger partial charge is 0.353 e. The predicted molar refractivity (Wildman–Crippen MR) is 74.4 cm³/mol. The number of hydrogen-bond donors (Lipinski definition) is 2. The summed E-state index contributed by atoms with van der Waals surface area (Å²) in [7, 11) is 0. The molecule has 104 valence electrons. The lowest BCUT2D eigenvalue weighted by atomic mass is 9.75. The van der Waals surface area contributed by atoms with Gasteiger partial charge in [0.1, 0.15) is 0 Å². The molecule has 1 aliphatic heterocycles. The second-order valence-corrected chi connectivity index (χ2v) is 6.90. The van der Waals surface area contributed by atoms with Gasteiger partial charge >= 0.3 is 0 Å². The quantitative estimate of drug-likeness (QED) is 0.807. The molecule has 0 bridgehead atoms. The van der Waals surface area contributed by atoms with Crippen LogP contribution in [0.2, 0.25) is 0 Å². The van der Waals surface area contributed by atoms with Crippen molar-refractivity contribution in [2.45, 2.75) is 64.8 Å². The van der Waals surface area contributed by atoms with Crippen LogP contribution in [0.5, 0.6) is 0 Å². The van der Waals surface area contributed by atoms with E-state index in [0.29, 0.717) is 17.9 Å². The van der Waals surface area contributed by atoms with Gasteiger partial charge in [0.05, 0.1) is 0 Å². The van der Waals surface area contributed by atoms with Crippen LogP contribution in [0, 0.1) is 11.3 Å². The van der Waals surface area contributed by atoms with Crippen LogP contribution in [-0.2, 0) is 4.79 Å². The summed E-state index contributed by atoms with van der Waals surface area (Å²) < 4.78 is 0. The van der Waals surface area contributed by atoms with Gasteiger partial charge in [-0.1, -0.05) is 13.8 Å². The Morgan fingerprint density at radius 3 is 2.61 bits per heavy atom. The molecular formula is C15H28N2O. The molecule has 1 unspecified atom stereocenters. The van der Waals surface area contributed by atoms with Gasteiger partial charge in [0, 0.05) is 12.5 Å². The van der Waals surface area contributed by atoms with Crippen molar-refractivity contribution < 1.29 is 4.79 Å². The molecule has 1 heterocycles. The van der Waals surface area contributed by atoms with E-state index in [1.165, 1.54) is 19.3 Å². The summed E-state index contributed by atoms with van der Waals surface area (Å²) in [5.41, 5.74) is 0.483. The van der Waals surface area contributed by atoms with Crippen molar-refractivity contribution in [1.29, 1.82) is 0 Å². The monoisotopic (exact) mass is 252 g/mol. The number of amides is 1. The third-order valence-electron chi connectivity index (χ3n) is 4.65. The first-order valence-electron chi connectivity index (χ1n) is 7.55. The van der Waals surface area contributed by atoms with Crippen LogP contribution in [0.25, 0.3) is 0 Å². The van der Waals surface area contributed by atoms with E-state index in [0.717, 1.165) is 38.3 Å². The van der Waals surface area contributed by atoms with Crippen LogP contribution in [-0.4, -0.2) is 25.0 Å². The predicted octanol–water partition coefficient (Wildman–Crippen LogP) is 2.46. The Morgan fingerprint density at radius 2 is 2.00 bits per heavy atom. The molecule has 0 aromatic heterocycles. The zero-order valence-electron chi connectivity index (χ0n) is 11.9. The molecule has 0 radical (unpaired) electrons. The van der Waals surface area contributed by atoms with Crippen molar-refractivity contribution in [2.75, 3.05) is 13.1 Å². The summed E-state index contributed by atoms with van der Waals surface area (Å²) in [4.78, 5) is 11.9. The van der Waals surface area contributed by atoms with Crippen molar-refractivity contribution in [3.8, 4) is 0 Å². The van der Waals surface area contributed by atoms with Crippen molar-refractivity contribution in [2.24, 2.45) is 11.3 Å².